The van der Waals surface area contributed by atoms with Gasteiger partial charge in [-0.3, -0.25) is 0 Å². The van der Waals surface area contributed by atoms with Crippen molar-refractivity contribution in [1.82, 2.24) is 4.65 Å². The fraction of sp³-hybridized carbons (Fsp3) is 0.455. The van der Waals surface area contributed by atoms with Gasteiger partial charge in [-0.15, -0.1) is 0 Å². The van der Waals surface area contributed by atoms with Gasteiger partial charge in [-0.2, -0.15) is 0 Å². The highest BCUT2D eigenvalue weighted by atomic mass is 16.5. The Morgan fingerprint density at radius 3 is 2.31 bits per heavy atom. The van der Waals surface area contributed by atoms with Gasteiger partial charge in [0.1, 0.15) is 5.69 Å². The fourth-order valence-corrected chi connectivity index (χ4v) is 1.33. The molecular weight excluding hydrogens is 162 g/mol. The molecule has 0 spiro atoms. The lowest BCUT2D eigenvalue weighted by Gasteiger charge is -2.43. The van der Waals surface area contributed by atoms with Crippen molar-refractivity contribution in [2.75, 3.05) is 7.05 Å². The topological polar surface area (TPSA) is 23.1 Å². The molecule has 0 saturated carbocycles. The van der Waals surface area contributed by atoms with E-state index in [1.54, 1.807) is 7.05 Å². The summed E-state index contributed by atoms with van der Waals surface area (Å²) in [6.07, 6.45) is 0.898. The molecule has 0 aliphatic carbocycles. The first kappa shape index (κ1) is 10.2. The number of hydroxylamine groups is 2. The number of rotatable bonds is 3. The van der Waals surface area contributed by atoms with Gasteiger partial charge in [-0.1, -0.05) is 25.1 Å². The third kappa shape index (κ3) is 2.08. The minimum absolute atomic E-state index is 0.113. The number of hydrogen-bond acceptors (Lipinski definition) is 1. The zero-order chi connectivity index (χ0) is 9.90. The minimum atomic E-state index is -0.280. The molecule has 1 aromatic rings. The lowest BCUT2D eigenvalue weighted by Crippen LogP contribution is -2.46. The largest absolute Gasteiger partial charge is 0.627 e. The molecule has 0 N–H and O–H groups in total. The molecule has 0 aliphatic rings. The Bertz CT molecular complexity index is 256. The van der Waals surface area contributed by atoms with E-state index in [0.29, 0.717) is 0 Å². The molecule has 72 valence electrons. The number of para-hydroxylation sites is 1. The van der Waals surface area contributed by atoms with Crippen LogP contribution >= 0.6 is 0 Å². The summed E-state index contributed by atoms with van der Waals surface area (Å²) in [5.74, 6) is 0. The zero-order valence-electron chi connectivity index (χ0n) is 8.53. The molecule has 0 fully saturated rings. The normalized spacial score (nSPS) is 17.8. The van der Waals surface area contributed by atoms with E-state index in [2.05, 4.69) is 0 Å². The third-order valence-electron chi connectivity index (χ3n) is 2.70. The molecule has 2 heteroatoms. The van der Waals surface area contributed by atoms with Gasteiger partial charge in [0.25, 0.3) is 0 Å². The van der Waals surface area contributed by atoms with Crippen molar-refractivity contribution < 1.29 is 0 Å². The second-order valence-electron chi connectivity index (χ2n) is 3.58. The standard InChI is InChI=1S/C11H17NO/c1-4-10(2)12(3,13)11-8-6-5-7-9-11/h5-10H,4H2,1-3H3. The molecule has 0 radical (unpaired) electrons. The predicted molar refractivity (Wildman–Crippen MR) is 57.3 cm³/mol. The smallest absolute Gasteiger partial charge is 0.132 e. The van der Waals surface area contributed by atoms with Crippen molar-refractivity contribution >= 4 is 5.69 Å². The Kier molecular flexibility index (Phi) is 3.07. The second kappa shape index (κ2) is 3.90. The predicted octanol–water partition coefficient (Wildman–Crippen LogP) is 2.92. The maximum atomic E-state index is 12.2. The highest BCUT2D eigenvalue weighted by Crippen LogP contribution is 2.23. The van der Waals surface area contributed by atoms with E-state index < -0.39 is 0 Å². The van der Waals surface area contributed by atoms with Gasteiger partial charge in [0.15, 0.2) is 0 Å². The van der Waals surface area contributed by atoms with Crippen molar-refractivity contribution in [3.8, 4) is 0 Å². The molecule has 13 heavy (non-hydrogen) atoms. The lowest BCUT2D eigenvalue weighted by molar-refractivity contribution is 0.339. The van der Waals surface area contributed by atoms with Gasteiger partial charge in [0.2, 0.25) is 0 Å². The van der Waals surface area contributed by atoms with Crippen molar-refractivity contribution in [3.63, 3.8) is 0 Å². The van der Waals surface area contributed by atoms with E-state index in [9.17, 15) is 5.21 Å². The summed E-state index contributed by atoms with van der Waals surface area (Å²) >= 11 is 0. The Labute approximate surface area is 80.0 Å². The first-order valence-corrected chi connectivity index (χ1v) is 4.71. The summed E-state index contributed by atoms with van der Waals surface area (Å²) < 4.78 is -0.280. The summed E-state index contributed by atoms with van der Waals surface area (Å²) in [6, 6.07) is 9.64. The molecule has 0 saturated heterocycles. The summed E-state index contributed by atoms with van der Waals surface area (Å²) in [5, 5.41) is 12.2. The van der Waals surface area contributed by atoms with Crippen LogP contribution in [0.1, 0.15) is 20.3 Å². The summed E-state index contributed by atoms with van der Waals surface area (Å²) in [6.45, 7) is 4.03. The number of quaternary nitrogens is 1. The Morgan fingerprint density at radius 2 is 1.85 bits per heavy atom. The van der Waals surface area contributed by atoms with Crippen LogP contribution in [-0.4, -0.2) is 13.1 Å². The molecule has 1 aromatic carbocycles. The van der Waals surface area contributed by atoms with Crippen molar-refractivity contribution in [1.29, 1.82) is 0 Å². The molecule has 1 rings (SSSR count). The van der Waals surface area contributed by atoms with E-state index in [1.165, 1.54) is 0 Å². The maximum absolute atomic E-state index is 12.2. The molecule has 0 aliphatic heterocycles. The highest BCUT2D eigenvalue weighted by Gasteiger charge is 2.20. The lowest BCUT2D eigenvalue weighted by atomic mass is 10.2. The Balaban J connectivity index is 2.93. The summed E-state index contributed by atoms with van der Waals surface area (Å²) in [4.78, 5) is 0. The van der Waals surface area contributed by atoms with E-state index >= 15 is 0 Å². The van der Waals surface area contributed by atoms with Gasteiger partial charge in [-0.05, 0) is 25.5 Å². The van der Waals surface area contributed by atoms with Crippen molar-refractivity contribution in [2.45, 2.75) is 26.3 Å². The molecule has 0 bridgehead atoms. The van der Waals surface area contributed by atoms with Crippen LogP contribution in [0.2, 0.25) is 0 Å². The van der Waals surface area contributed by atoms with Gasteiger partial charge < -0.3 is 9.85 Å². The molecule has 0 aromatic heterocycles. The molecule has 0 amide bonds. The van der Waals surface area contributed by atoms with Crippen LogP contribution in [-0.2, 0) is 0 Å². The minimum Gasteiger partial charge on any atom is -0.627 e. The highest BCUT2D eigenvalue weighted by molar-refractivity contribution is 5.43. The average molecular weight is 179 g/mol. The van der Waals surface area contributed by atoms with Crippen LogP contribution in [0.5, 0.6) is 0 Å². The van der Waals surface area contributed by atoms with E-state index in [0.717, 1.165) is 12.1 Å². The monoisotopic (exact) mass is 179 g/mol. The van der Waals surface area contributed by atoms with Crippen LogP contribution in [0.15, 0.2) is 30.3 Å². The van der Waals surface area contributed by atoms with Crippen LogP contribution in [0.25, 0.3) is 0 Å². The number of nitrogens with zero attached hydrogens (tertiary/aromatic N) is 1. The summed E-state index contributed by atoms with van der Waals surface area (Å²) in [7, 11) is 1.71. The van der Waals surface area contributed by atoms with E-state index in [-0.39, 0.29) is 10.7 Å². The second-order valence-corrected chi connectivity index (χ2v) is 3.58. The number of benzene rings is 1. The molecule has 2 atom stereocenters. The van der Waals surface area contributed by atoms with Crippen LogP contribution < -0.4 is 4.65 Å². The molecular formula is C11H17NO. The zero-order valence-corrected chi connectivity index (χ0v) is 8.53. The summed E-state index contributed by atoms with van der Waals surface area (Å²) in [5.41, 5.74) is 0.830. The van der Waals surface area contributed by atoms with Gasteiger partial charge in [-0.25, -0.2) is 0 Å². The van der Waals surface area contributed by atoms with Crippen LogP contribution in [0, 0.1) is 5.21 Å². The van der Waals surface area contributed by atoms with Crippen molar-refractivity contribution in [3.05, 3.63) is 35.5 Å². The molecule has 0 heterocycles. The first-order valence-electron chi connectivity index (χ1n) is 4.71. The molecule has 2 nitrogen and oxygen atoms in total. The number of hydrogen-bond donors (Lipinski definition) is 0. The van der Waals surface area contributed by atoms with Gasteiger partial charge >= 0.3 is 0 Å². The maximum Gasteiger partial charge on any atom is 0.132 e. The Hall–Kier alpha value is -0.860. The van der Waals surface area contributed by atoms with Crippen LogP contribution in [0.3, 0.4) is 0 Å². The fourth-order valence-electron chi connectivity index (χ4n) is 1.33. The molecule has 2 unspecified atom stereocenters. The third-order valence-corrected chi connectivity index (χ3v) is 2.70. The SMILES string of the molecule is CCC(C)[N+](C)([O-])c1ccccc1. The van der Waals surface area contributed by atoms with Gasteiger partial charge in [0, 0.05) is 0 Å². The Morgan fingerprint density at radius 1 is 1.31 bits per heavy atom. The van der Waals surface area contributed by atoms with E-state index in [1.807, 2.05) is 44.2 Å². The van der Waals surface area contributed by atoms with Crippen LogP contribution in [0.4, 0.5) is 5.69 Å². The van der Waals surface area contributed by atoms with Crippen molar-refractivity contribution in [2.24, 2.45) is 0 Å². The first-order chi connectivity index (χ1) is 6.09. The van der Waals surface area contributed by atoms with Gasteiger partial charge in [0.05, 0.1) is 13.1 Å². The quantitative estimate of drug-likeness (QED) is 0.517. The van der Waals surface area contributed by atoms with E-state index in [4.69, 9.17) is 0 Å². The average Bonchev–Trinajstić information content (AvgIpc) is 2.18.